The van der Waals surface area contributed by atoms with Crippen LogP contribution in [0.3, 0.4) is 0 Å². The number of carbonyl (C=O) groups is 2. The van der Waals surface area contributed by atoms with Crippen LogP contribution in [0.4, 0.5) is 0 Å². The Balaban J connectivity index is 1.71. The Bertz CT molecular complexity index is 709. The van der Waals surface area contributed by atoms with Crippen molar-refractivity contribution in [1.29, 1.82) is 0 Å². The molecule has 0 spiro atoms. The molecular weight excluding hydrogens is 324 g/mol. The van der Waals surface area contributed by atoms with Crippen LogP contribution in [0, 0.1) is 0 Å². The van der Waals surface area contributed by atoms with Gasteiger partial charge in [0.2, 0.25) is 5.91 Å². The van der Waals surface area contributed by atoms with Crippen molar-refractivity contribution in [1.82, 2.24) is 10.2 Å². The highest BCUT2D eigenvalue weighted by Crippen LogP contribution is 2.17. The van der Waals surface area contributed by atoms with Gasteiger partial charge in [-0.1, -0.05) is 49.4 Å². The van der Waals surface area contributed by atoms with E-state index >= 15 is 0 Å². The van der Waals surface area contributed by atoms with Gasteiger partial charge in [0.15, 0.2) is 0 Å². The highest BCUT2D eigenvalue weighted by molar-refractivity contribution is 5.93. The summed E-state index contributed by atoms with van der Waals surface area (Å²) in [6.07, 6.45) is 2.06. The standard InChI is InChI=1S/C22H28N2O2/c1-17(19-7-5-4-6-8-19)15-16-23-21(25)14-11-18-9-12-20(13-10-18)22(26)24(2)3/h4-10,12-13,17H,11,14-16H2,1-3H3,(H,23,25). The van der Waals surface area contributed by atoms with Crippen LogP contribution < -0.4 is 5.32 Å². The van der Waals surface area contributed by atoms with Crippen molar-refractivity contribution in [3.63, 3.8) is 0 Å². The Morgan fingerprint density at radius 1 is 1.00 bits per heavy atom. The first-order chi connectivity index (χ1) is 12.5. The summed E-state index contributed by atoms with van der Waals surface area (Å²) in [5.74, 6) is 0.485. The Hall–Kier alpha value is -2.62. The van der Waals surface area contributed by atoms with Crippen LogP contribution in [0.1, 0.15) is 47.2 Å². The molecule has 0 bridgehead atoms. The number of hydrogen-bond acceptors (Lipinski definition) is 2. The van der Waals surface area contributed by atoms with Crippen molar-refractivity contribution in [3.05, 3.63) is 71.3 Å². The summed E-state index contributed by atoms with van der Waals surface area (Å²) in [5, 5.41) is 3.00. The molecule has 1 N–H and O–H groups in total. The minimum Gasteiger partial charge on any atom is -0.356 e. The fourth-order valence-electron chi connectivity index (χ4n) is 2.79. The molecule has 0 heterocycles. The molecule has 0 saturated carbocycles. The average Bonchev–Trinajstić information content (AvgIpc) is 2.66. The zero-order valence-corrected chi connectivity index (χ0v) is 15.9. The molecule has 2 aromatic rings. The van der Waals surface area contributed by atoms with Crippen LogP contribution in [0.15, 0.2) is 54.6 Å². The molecule has 0 fully saturated rings. The predicted octanol–water partition coefficient (Wildman–Crippen LogP) is 3.63. The maximum Gasteiger partial charge on any atom is 0.253 e. The Morgan fingerprint density at radius 2 is 1.65 bits per heavy atom. The molecule has 1 unspecified atom stereocenters. The number of rotatable bonds is 8. The van der Waals surface area contributed by atoms with Crippen LogP contribution in [0.2, 0.25) is 0 Å². The second kappa shape index (κ2) is 9.76. The van der Waals surface area contributed by atoms with Gasteiger partial charge in [-0.05, 0) is 42.0 Å². The third-order valence-electron chi connectivity index (χ3n) is 4.52. The third kappa shape index (κ3) is 6.03. The summed E-state index contributed by atoms with van der Waals surface area (Å²) >= 11 is 0. The number of nitrogens with zero attached hydrogens (tertiary/aromatic N) is 1. The molecule has 2 rings (SSSR count). The molecule has 0 aliphatic heterocycles. The van der Waals surface area contributed by atoms with E-state index in [2.05, 4.69) is 24.4 Å². The lowest BCUT2D eigenvalue weighted by atomic mass is 9.98. The maximum absolute atomic E-state index is 12.0. The van der Waals surface area contributed by atoms with Crippen LogP contribution in [0.5, 0.6) is 0 Å². The quantitative estimate of drug-likeness (QED) is 0.789. The minimum absolute atomic E-state index is 0.0122. The van der Waals surface area contributed by atoms with E-state index in [9.17, 15) is 9.59 Å². The highest BCUT2D eigenvalue weighted by atomic mass is 16.2. The Labute approximate surface area is 156 Å². The van der Waals surface area contributed by atoms with Gasteiger partial charge in [0, 0.05) is 32.6 Å². The number of benzene rings is 2. The number of aryl methyl sites for hydroxylation is 1. The first-order valence-corrected chi connectivity index (χ1v) is 9.09. The Kier molecular flexibility index (Phi) is 7.39. The fourth-order valence-corrected chi connectivity index (χ4v) is 2.79. The molecule has 26 heavy (non-hydrogen) atoms. The van der Waals surface area contributed by atoms with Crippen LogP contribution in [-0.4, -0.2) is 37.4 Å². The molecule has 0 aliphatic rings. The molecule has 2 aromatic carbocycles. The predicted molar refractivity (Wildman–Crippen MR) is 105 cm³/mol. The monoisotopic (exact) mass is 352 g/mol. The van der Waals surface area contributed by atoms with Gasteiger partial charge in [0.1, 0.15) is 0 Å². The van der Waals surface area contributed by atoms with Gasteiger partial charge in [-0.15, -0.1) is 0 Å². The minimum atomic E-state index is -0.0122. The molecule has 0 radical (unpaired) electrons. The second-order valence-electron chi connectivity index (χ2n) is 6.85. The smallest absolute Gasteiger partial charge is 0.253 e. The van der Waals surface area contributed by atoms with E-state index in [0.717, 1.165) is 12.0 Å². The lowest BCUT2D eigenvalue weighted by molar-refractivity contribution is -0.121. The summed E-state index contributed by atoms with van der Waals surface area (Å²) in [5.41, 5.74) is 3.03. The number of amides is 2. The van der Waals surface area contributed by atoms with Crippen LogP contribution in [0.25, 0.3) is 0 Å². The van der Waals surface area contributed by atoms with E-state index < -0.39 is 0 Å². The summed E-state index contributed by atoms with van der Waals surface area (Å²) in [7, 11) is 3.47. The van der Waals surface area contributed by atoms with Gasteiger partial charge in [-0.25, -0.2) is 0 Å². The highest BCUT2D eigenvalue weighted by Gasteiger charge is 2.09. The normalized spacial score (nSPS) is 11.7. The van der Waals surface area contributed by atoms with Gasteiger partial charge in [-0.2, -0.15) is 0 Å². The van der Waals surface area contributed by atoms with Gasteiger partial charge in [-0.3, -0.25) is 9.59 Å². The largest absolute Gasteiger partial charge is 0.356 e. The average molecular weight is 352 g/mol. The van der Waals surface area contributed by atoms with Gasteiger partial charge < -0.3 is 10.2 Å². The molecule has 0 saturated heterocycles. The SMILES string of the molecule is CC(CCNC(=O)CCc1ccc(C(=O)N(C)C)cc1)c1ccccc1. The molecule has 0 aliphatic carbocycles. The summed E-state index contributed by atoms with van der Waals surface area (Å²) < 4.78 is 0. The molecule has 1 atom stereocenters. The first kappa shape index (κ1) is 19.7. The number of hydrogen-bond donors (Lipinski definition) is 1. The van der Waals surface area contributed by atoms with Crippen molar-refractivity contribution in [2.75, 3.05) is 20.6 Å². The Morgan fingerprint density at radius 3 is 2.27 bits per heavy atom. The van der Waals surface area contributed by atoms with E-state index in [1.807, 2.05) is 42.5 Å². The second-order valence-corrected chi connectivity index (χ2v) is 6.85. The lowest BCUT2D eigenvalue weighted by Gasteiger charge is -2.12. The lowest BCUT2D eigenvalue weighted by Crippen LogP contribution is -2.25. The van der Waals surface area contributed by atoms with Crippen molar-refractivity contribution in [2.45, 2.75) is 32.1 Å². The van der Waals surface area contributed by atoms with Crippen LogP contribution >= 0.6 is 0 Å². The van der Waals surface area contributed by atoms with Gasteiger partial charge >= 0.3 is 0 Å². The number of nitrogens with one attached hydrogen (secondary N) is 1. The third-order valence-corrected chi connectivity index (χ3v) is 4.52. The fraction of sp³-hybridized carbons (Fsp3) is 0.364. The number of carbonyl (C=O) groups excluding carboxylic acids is 2. The van der Waals surface area contributed by atoms with Crippen LogP contribution in [-0.2, 0) is 11.2 Å². The molecule has 4 nitrogen and oxygen atoms in total. The zero-order valence-electron chi connectivity index (χ0n) is 15.9. The van der Waals surface area contributed by atoms with E-state index in [4.69, 9.17) is 0 Å². The van der Waals surface area contributed by atoms with Gasteiger partial charge in [0.25, 0.3) is 5.91 Å². The summed E-state index contributed by atoms with van der Waals surface area (Å²) in [4.78, 5) is 25.4. The molecule has 138 valence electrons. The van der Waals surface area contributed by atoms with Crippen molar-refractivity contribution in [2.24, 2.45) is 0 Å². The summed E-state index contributed by atoms with van der Waals surface area (Å²) in [6, 6.07) is 17.8. The topological polar surface area (TPSA) is 49.4 Å². The van der Waals surface area contributed by atoms with E-state index in [1.54, 1.807) is 19.0 Å². The maximum atomic E-state index is 12.0. The van der Waals surface area contributed by atoms with Crippen molar-refractivity contribution >= 4 is 11.8 Å². The first-order valence-electron chi connectivity index (χ1n) is 9.09. The van der Waals surface area contributed by atoms with Gasteiger partial charge in [0.05, 0.1) is 0 Å². The molecule has 0 aromatic heterocycles. The van der Waals surface area contributed by atoms with E-state index in [1.165, 1.54) is 5.56 Å². The zero-order chi connectivity index (χ0) is 18.9. The summed E-state index contributed by atoms with van der Waals surface area (Å²) in [6.45, 7) is 2.86. The molecule has 2 amide bonds. The molecule has 4 heteroatoms. The van der Waals surface area contributed by atoms with E-state index in [-0.39, 0.29) is 11.8 Å². The van der Waals surface area contributed by atoms with E-state index in [0.29, 0.717) is 30.9 Å². The molecular formula is C22H28N2O2. The van der Waals surface area contributed by atoms with Crippen molar-refractivity contribution < 1.29 is 9.59 Å². The van der Waals surface area contributed by atoms with Crippen molar-refractivity contribution in [3.8, 4) is 0 Å².